The molecule has 0 aliphatic heterocycles. The van der Waals surface area contributed by atoms with Gasteiger partial charge in [0.1, 0.15) is 6.10 Å². The fraction of sp³-hybridized carbons (Fsp3) is 0.400. The van der Waals surface area contributed by atoms with Crippen molar-refractivity contribution in [2.75, 3.05) is 6.61 Å². The van der Waals surface area contributed by atoms with Crippen LogP contribution in [0.3, 0.4) is 0 Å². The molecular formula is C15H18O7. The van der Waals surface area contributed by atoms with E-state index in [2.05, 4.69) is 0 Å². The zero-order valence-corrected chi connectivity index (χ0v) is 12.1. The van der Waals surface area contributed by atoms with Crippen molar-refractivity contribution in [3.63, 3.8) is 0 Å². The Bertz CT molecular complexity index is 535. The number of carbonyl (C=O) groups is 3. The van der Waals surface area contributed by atoms with Gasteiger partial charge in [0.25, 0.3) is 0 Å². The molecule has 120 valence electrons. The summed E-state index contributed by atoms with van der Waals surface area (Å²) in [7, 11) is 0. The number of carboxylic acid groups (broad SMARTS) is 1. The van der Waals surface area contributed by atoms with Gasteiger partial charge in [-0.3, -0.25) is 9.59 Å². The predicted octanol–water partition coefficient (Wildman–Crippen LogP) is 0.692. The number of hydrogen-bond donors (Lipinski definition) is 3. The van der Waals surface area contributed by atoms with E-state index in [1.807, 2.05) is 0 Å². The lowest BCUT2D eigenvalue weighted by molar-refractivity contribution is -0.153. The maximum absolute atomic E-state index is 11.9. The Kier molecular flexibility index (Phi) is 6.68. The minimum absolute atomic E-state index is 0.00150. The molecule has 0 saturated carbocycles. The van der Waals surface area contributed by atoms with Crippen LogP contribution in [0, 0.1) is 0 Å². The Hall–Kier alpha value is -2.25. The number of hydrogen-bond acceptors (Lipinski definition) is 6. The van der Waals surface area contributed by atoms with E-state index in [1.165, 1.54) is 24.3 Å². The van der Waals surface area contributed by atoms with Crippen molar-refractivity contribution in [3.8, 4) is 0 Å². The van der Waals surface area contributed by atoms with Gasteiger partial charge in [-0.25, -0.2) is 4.79 Å². The van der Waals surface area contributed by atoms with E-state index < -0.39 is 24.1 Å². The van der Waals surface area contributed by atoms with Gasteiger partial charge in [-0.15, -0.1) is 0 Å². The number of aliphatic hydroxyl groups is 2. The molecule has 0 radical (unpaired) electrons. The van der Waals surface area contributed by atoms with Crippen LogP contribution in [0.25, 0.3) is 0 Å². The number of ketones is 1. The molecule has 22 heavy (non-hydrogen) atoms. The van der Waals surface area contributed by atoms with Crippen LogP contribution in [0.15, 0.2) is 24.3 Å². The standard InChI is InChI=1S/C15H18O7/c1-2-22-12(17)8-7-11(16)9-3-5-10(6-4-9)13(18)14(19)15(20)21/h3-6,13-14,18-19H,2,7-8H2,1H3,(H,20,21). The molecule has 3 N–H and O–H groups in total. The van der Waals surface area contributed by atoms with Crippen LogP contribution in [-0.4, -0.2) is 45.8 Å². The number of aliphatic hydroxyl groups excluding tert-OH is 2. The first-order valence-electron chi connectivity index (χ1n) is 6.74. The molecule has 1 aromatic carbocycles. The molecular weight excluding hydrogens is 292 g/mol. The maximum atomic E-state index is 11.9. The first-order chi connectivity index (χ1) is 10.4. The largest absolute Gasteiger partial charge is 0.479 e. The number of esters is 1. The lowest BCUT2D eigenvalue weighted by Gasteiger charge is -2.14. The van der Waals surface area contributed by atoms with E-state index in [0.717, 1.165) is 0 Å². The third-order valence-electron chi connectivity index (χ3n) is 2.99. The van der Waals surface area contributed by atoms with E-state index in [4.69, 9.17) is 9.84 Å². The summed E-state index contributed by atoms with van der Waals surface area (Å²) in [5.74, 6) is -2.26. The highest BCUT2D eigenvalue weighted by molar-refractivity contribution is 5.97. The Balaban J connectivity index is 2.66. The first kappa shape index (κ1) is 17.8. The second-order valence-corrected chi connectivity index (χ2v) is 4.58. The molecule has 0 heterocycles. The first-order valence-corrected chi connectivity index (χ1v) is 6.74. The lowest BCUT2D eigenvalue weighted by Crippen LogP contribution is -2.27. The summed E-state index contributed by atoms with van der Waals surface area (Å²) in [6, 6.07) is 5.52. The SMILES string of the molecule is CCOC(=O)CCC(=O)c1ccc(C(O)C(O)C(=O)O)cc1. The van der Waals surface area contributed by atoms with Gasteiger partial charge in [0.15, 0.2) is 11.9 Å². The molecule has 0 saturated heterocycles. The normalized spacial score (nSPS) is 13.2. The third-order valence-corrected chi connectivity index (χ3v) is 2.99. The van der Waals surface area contributed by atoms with E-state index in [-0.39, 0.29) is 30.8 Å². The highest BCUT2D eigenvalue weighted by Gasteiger charge is 2.25. The van der Waals surface area contributed by atoms with Gasteiger partial charge in [0, 0.05) is 12.0 Å². The van der Waals surface area contributed by atoms with Crippen molar-refractivity contribution in [1.82, 2.24) is 0 Å². The van der Waals surface area contributed by atoms with E-state index >= 15 is 0 Å². The highest BCUT2D eigenvalue weighted by Crippen LogP contribution is 2.18. The lowest BCUT2D eigenvalue weighted by atomic mass is 10.00. The van der Waals surface area contributed by atoms with Crippen molar-refractivity contribution < 1.29 is 34.4 Å². The summed E-state index contributed by atoms with van der Waals surface area (Å²) in [5.41, 5.74) is 0.502. The molecule has 0 aromatic heterocycles. The molecule has 1 aromatic rings. The molecule has 1 rings (SSSR count). The Morgan fingerprint density at radius 2 is 1.68 bits per heavy atom. The van der Waals surface area contributed by atoms with Gasteiger partial charge >= 0.3 is 11.9 Å². The Morgan fingerprint density at radius 1 is 1.09 bits per heavy atom. The van der Waals surface area contributed by atoms with Gasteiger partial charge in [0.05, 0.1) is 13.0 Å². The topological polar surface area (TPSA) is 121 Å². The van der Waals surface area contributed by atoms with Crippen molar-refractivity contribution >= 4 is 17.7 Å². The molecule has 0 amide bonds. The van der Waals surface area contributed by atoms with Crippen molar-refractivity contribution in [3.05, 3.63) is 35.4 Å². The van der Waals surface area contributed by atoms with E-state index in [9.17, 15) is 24.6 Å². The summed E-state index contributed by atoms with van der Waals surface area (Å²) in [5, 5.41) is 27.5. The molecule has 0 spiro atoms. The number of benzene rings is 1. The molecule has 2 unspecified atom stereocenters. The van der Waals surface area contributed by atoms with Crippen LogP contribution in [0.5, 0.6) is 0 Å². The summed E-state index contributed by atoms with van der Waals surface area (Å²) in [6.45, 7) is 1.93. The molecule has 0 bridgehead atoms. The van der Waals surface area contributed by atoms with Gasteiger partial charge in [-0.05, 0) is 12.5 Å². The summed E-state index contributed by atoms with van der Waals surface area (Å²) < 4.78 is 4.72. The molecule has 2 atom stereocenters. The van der Waals surface area contributed by atoms with Crippen LogP contribution in [-0.2, 0) is 14.3 Å². The number of rotatable bonds is 8. The van der Waals surface area contributed by atoms with Crippen LogP contribution < -0.4 is 0 Å². The molecule has 7 heteroatoms. The van der Waals surface area contributed by atoms with E-state index in [0.29, 0.717) is 5.56 Å². The Morgan fingerprint density at radius 3 is 2.18 bits per heavy atom. The van der Waals surface area contributed by atoms with E-state index in [1.54, 1.807) is 6.92 Å². The fourth-order valence-electron chi connectivity index (χ4n) is 1.78. The number of aliphatic carboxylic acids is 1. The number of ether oxygens (including phenoxy) is 1. The Labute approximate surface area is 127 Å². The van der Waals surface area contributed by atoms with Crippen molar-refractivity contribution in [2.45, 2.75) is 32.0 Å². The molecule has 0 fully saturated rings. The minimum atomic E-state index is -1.94. The number of carbonyl (C=O) groups excluding carboxylic acids is 2. The van der Waals surface area contributed by atoms with Crippen molar-refractivity contribution in [2.24, 2.45) is 0 Å². The molecule has 7 nitrogen and oxygen atoms in total. The molecule has 0 aliphatic rings. The molecule has 0 aliphatic carbocycles. The zero-order valence-electron chi connectivity index (χ0n) is 12.1. The van der Waals surface area contributed by atoms with Crippen LogP contribution in [0.4, 0.5) is 0 Å². The number of carboxylic acids is 1. The maximum Gasteiger partial charge on any atom is 0.335 e. The summed E-state index contributed by atoms with van der Waals surface area (Å²) in [4.78, 5) is 33.6. The quantitative estimate of drug-likeness (QED) is 0.477. The van der Waals surface area contributed by atoms with Gasteiger partial charge in [-0.2, -0.15) is 0 Å². The van der Waals surface area contributed by atoms with Gasteiger partial charge in [0.2, 0.25) is 0 Å². The monoisotopic (exact) mass is 310 g/mol. The van der Waals surface area contributed by atoms with Crippen LogP contribution in [0.2, 0.25) is 0 Å². The van der Waals surface area contributed by atoms with Gasteiger partial charge in [-0.1, -0.05) is 24.3 Å². The minimum Gasteiger partial charge on any atom is -0.479 e. The third kappa shape index (κ3) is 4.94. The zero-order chi connectivity index (χ0) is 16.7. The average Bonchev–Trinajstić information content (AvgIpc) is 2.51. The second kappa shape index (κ2) is 8.26. The fourth-order valence-corrected chi connectivity index (χ4v) is 1.78. The van der Waals surface area contributed by atoms with Crippen molar-refractivity contribution in [1.29, 1.82) is 0 Å². The summed E-state index contributed by atoms with van der Waals surface area (Å²) >= 11 is 0. The van der Waals surface area contributed by atoms with Crippen LogP contribution in [0.1, 0.15) is 41.8 Å². The van der Waals surface area contributed by atoms with Gasteiger partial charge < -0.3 is 20.1 Å². The average molecular weight is 310 g/mol. The highest BCUT2D eigenvalue weighted by atomic mass is 16.5. The van der Waals surface area contributed by atoms with Crippen LogP contribution >= 0.6 is 0 Å². The summed E-state index contributed by atoms with van der Waals surface area (Å²) in [6.07, 6.45) is -3.54. The number of Topliss-reactive ketones (excluding diaryl/α,β-unsaturated/α-hetero) is 1. The smallest absolute Gasteiger partial charge is 0.335 e. The second-order valence-electron chi connectivity index (χ2n) is 4.58. The predicted molar refractivity (Wildman–Crippen MR) is 75.2 cm³/mol.